The molecule has 0 aromatic carbocycles. The summed E-state index contributed by atoms with van der Waals surface area (Å²) < 4.78 is 5.89. The molecule has 0 bridgehead atoms. The molecule has 1 atom stereocenters. The smallest absolute Gasteiger partial charge is 0.264 e. The average molecular weight is 327 g/mol. The van der Waals surface area contributed by atoms with Gasteiger partial charge >= 0.3 is 0 Å². The van der Waals surface area contributed by atoms with Gasteiger partial charge in [0.05, 0.1) is 6.10 Å². The molecule has 0 aliphatic carbocycles. The van der Waals surface area contributed by atoms with E-state index < -0.39 is 5.56 Å². The third-order valence-electron chi connectivity index (χ3n) is 3.30. The van der Waals surface area contributed by atoms with Crippen molar-refractivity contribution < 1.29 is 9.84 Å². The summed E-state index contributed by atoms with van der Waals surface area (Å²) in [5.74, 6) is -0.264. The number of hydrogen-bond acceptors (Lipinski definition) is 5. The van der Waals surface area contributed by atoms with Crippen LogP contribution in [0.15, 0.2) is 9.79 Å². The van der Waals surface area contributed by atoms with Crippen molar-refractivity contribution >= 4 is 18.4 Å². The minimum absolute atomic E-state index is 0.0869. The summed E-state index contributed by atoms with van der Waals surface area (Å²) in [6, 6.07) is 0. The van der Waals surface area contributed by atoms with Gasteiger partial charge in [-0.25, -0.2) is 0 Å². The number of ether oxygens (including phenoxy) is 1. The zero-order chi connectivity index (χ0) is 16.4. The molecule has 3 N–H and O–H groups in total. The van der Waals surface area contributed by atoms with Gasteiger partial charge in [-0.2, -0.15) is 0 Å². The van der Waals surface area contributed by atoms with Crippen LogP contribution in [0.4, 0.5) is 0 Å². The van der Waals surface area contributed by atoms with Crippen LogP contribution in [0, 0.1) is 4.77 Å². The zero-order valence-electron chi connectivity index (χ0n) is 13.2. The first-order valence-corrected chi connectivity index (χ1v) is 8.16. The number of nitrogens with one attached hydrogen (secondary N) is 2. The molecule has 0 aliphatic heterocycles. The SMILES string of the molecule is CCCC[C@H](CC)OCCCN=Cc1c(O)[nH]c(=S)[nH]c1=O. The fourth-order valence-corrected chi connectivity index (χ4v) is 2.19. The van der Waals surface area contributed by atoms with Gasteiger partial charge in [0.15, 0.2) is 4.77 Å². The summed E-state index contributed by atoms with van der Waals surface area (Å²) in [6.07, 6.45) is 6.95. The Morgan fingerprint density at radius 1 is 1.36 bits per heavy atom. The van der Waals surface area contributed by atoms with Gasteiger partial charge in [0.25, 0.3) is 5.56 Å². The molecule has 0 saturated carbocycles. The molecule has 0 spiro atoms. The Labute approximate surface area is 135 Å². The summed E-state index contributed by atoms with van der Waals surface area (Å²) in [5.41, 5.74) is -0.365. The number of aromatic amines is 2. The number of H-pyrrole nitrogens is 2. The van der Waals surface area contributed by atoms with Crippen molar-refractivity contribution in [1.29, 1.82) is 0 Å². The van der Waals surface area contributed by atoms with Gasteiger partial charge in [-0.1, -0.05) is 26.7 Å². The largest absolute Gasteiger partial charge is 0.494 e. The van der Waals surface area contributed by atoms with Gasteiger partial charge in [-0.05, 0) is 31.5 Å². The van der Waals surface area contributed by atoms with Crippen LogP contribution in [0.1, 0.15) is 51.5 Å². The first-order valence-electron chi connectivity index (χ1n) is 7.75. The Morgan fingerprint density at radius 2 is 2.14 bits per heavy atom. The maximum absolute atomic E-state index is 11.6. The summed E-state index contributed by atoms with van der Waals surface area (Å²) in [7, 11) is 0. The molecule has 0 fully saturated rings. The third-order valence-corrected chi connectivity index (χ3v) is 3.50. The van der Waals surface area contributed by atoms with Gasteiger partial charge in [-0.3, -0.25) is 14.8 Å². The second-order valence-electron chi connectivity index (χ2n) is 5.10. The fourth-order valence-electron chi connectivity index (χ4n) is 2.00. The normalized spacial score (nSPS) is 12.8. The van der Waals surface area contributed by atoms with E-state index in [2.05, 4.69) is 28.8 Å². The van der Waals surface area contributed by atoms with Crippen LogP contribution < -0.4 is 5.56 Å². The minimum Gasteiger partial charge on any atom is -0.494 e. The fraction of sp³-hybridized carbons (Fsp3) is 0.667. The second kappa shape index (κ2) is 10.3. The van der Waals surface area contributed by atoms with Crippen LogP contribution in [0.2, 0.25) is 0 Å². The Kier molecular flexibility index (Phi) is 8.69. The molecule has 7 heteroatoms. The van der Waals surface area contributed by atoms with Crippen molar-refractivity contribution in [3.63, 3.8) is 0 Å². The van der Waals surface area contributed by atoms with Gasteiger partial charge in [0.1, 0.15) is 5.56 Å². The van der Waals surface area contributed by atoms with E-state index in [4.69, 9.17) is 17.0 Å². The van der Waals surface area contributed by atoms with E-state index in [1.54, 1.807) is 0 Å². The molecular weight excluding hydrogens is 302 g/mol. The summed E-state index contributed by atoms with van der Waals surface area (Å²) >= 11 is 4.75. The van der Waals surface area contributed by atoms with Crippen LogP contribution in [0.25, 0.3) is 0 Å². The molecule has 0 unspecified atom stereocenters. The van der Waals surface area contributed by atoms with E-state index in [9.17, 15) is 9.90 Å². The topological polar surface area (TPSA) is 90.5 Å². The van der Waals surface area contributed by atoms with E-state index in [1.165, 1.54) is 19.1 Å². The standard InChI is InChI=1S/C15H25N3O3S/c1-3-5-7-11(4-2)21-9-6-8-16-10-12-13(19)17-15(22)18-14(12)20/h10-11H,3-9H2,1-2H3,(H3,17,18,19,20,22)/t11-/m0/s1. The van der Waals surface area contributed by atoms with Gasteiger partial charge < -0.3 is 14.8 Å². The highest BCUT2D eigenvalue weighted by atomic mass is 32.1. The predicted molar refractivity (Wildman–Crippen MR) is 90.5 cm³/mol. The molecule has 6 nitrogen and oxygen atoms in total. The van der Waals surface area contributed by atoms with E-state index in [-0.39, 0.29) is 16.2 Å². The quantitative estimate of drug-likeness (QED) is 0.350. The average Bonchev–Trinajstić information content (AvgIpc) is 2.47. The van der Waals surface area contributed by atoms with Crippen molar-refractivity contribution in [1.82, 2.24) is 9.97 Å². The predicted octanol–water partition coefficient (Wildman–Crippen LogP) is 2.93. The number of hydrogen-bond donors (Lipinski definition) is 3. The molecular formula is C15H25N3O3S. The Hall–Kier alpha value is -1.47. The molecule has 124 valence electrons. The van der Waals surface area contributed by atoms with Crippen molar-refractivity contribution in [2.24, 2.45) is 4.99 Å². The molecule has 0 aliphatic rings. The number of aliphatic imine (C=N–C) groups is 1. The number of rotatable bonds is 10. The van der Waals surface area contributed by atoms with Crippen molar-refractivity contribution in [3.05, 3.63) is 20.7 Å². The molecule has 1 aromatic rings. The third kappa shape index (κ3) is 6.53. The molecule has 0 radical (unpaired) electrons. The van der Waals surface area contributed by atoms with Crippen molar-refractivity contribution in [3.8, 4) is 5.88 Å². The lowest BCUT2D eigenvalue weighted by Crippen LogP contribution is -2.14. The highest BCUT2D eigenvalue weighted by Gasteiger charge is 2.05. The van der Waals surface area contributed by atoms with Gasteiger partial charge in [-0.15, -0.1) is 0 Å². The maximum Gasteiger partial charge on any atom is 0.264 e. The molecule has 22 heavy (non-hydrogen) atoms. The monoisotopic (exact) mass is 327 g/mol. The van der Waals surface area contributed by atoms with Crippen LogP contribution in [-0.2, 0) is 4.74 Å². The lowest BCUT2D eigenvalue weighted by atomic mass is 10.1. The van der Waals surface area contributed by atoms with Crippen LogP contribution in [0.3, 0.4) is 0 Å². The first-order chi connectivity index (χ1) is 10.6. The van der Waals surface area contributed by atoms with Crippen molar-refractivity contribution in [2.45, 2.75) is 52.1 Å². The molecule has 1 aromatic heterocycles. The lowest BCUT2D eigenvalue weighted by molar-refractivity contribution is 0.0430. The van der Waals surface area contributed by atoms with E-state index >= 15 is 0 Å². The highest BCUT2D eigenvalue weighted by molar-refractivity contribution is 7.71. The summed E-state index contributed by atoms with van der Waals surface area (Å²) in [5, 5.41) is 9.60. The number of unbranched alkanes of at least 4 members (excludes halogenated alkanes) is 1. The Balaban J connectivity index is 2.36. The minimum atomic E-state index is -0.452. The summed E-state index contributed by atoms with van der Waals surface area (Å²) in [6.45, 7) is 5.50. The Morgan fingerprint density at radius 3 is 2.77 bits per heavy atom. The summed E-state index contributed by atoms with van der Waals surface area (Å²) in [4.78, 5) is 20.6. The first kappa shape index (κ1) is 18.6. The number of nitrogens with zero attached hydrogens (tertiary/aromatic N) is 1. The Bertz CT molecular complexity index is 580. The molecule has 0 amide bonds. The maximum atomic E-state index is 11.6. The molecule has 1 heterocycles. The van der Waals surface area contributed by atoms with Crippen LogP contribution >= 0.6 is 12.2 Å². The van der Waals surface area contributed by atoms with Crippen molar-refractivity contribution in [2.75, 3.05) is 13.2 Å². The van der Waals surface area contributed by atoms with Crippen LogP contribution in [-0.4, -0.2) is 40.5 Å². The zero-order valence-corrected chi connectivity index (χ0v) is 14.0. The number of aromatic nitrogens is 2. The van der Waals surface area contributed by atoms with E-state index in [1.807, 2.05) is 0 Å². The van der Waals surface area contributed by atoms with E-state index in [0.717, 1.165) is 19.3 Å². The molecule has 0 saturated heterocycles. The lowest BCUT2D eigenvalue weighted by Gasteiger charge is -2.15. The number of aromatic hydroxyl groups is 1. The van der Waals surface area contributed by atoms with Crippen LogP contribution in [0.5, 0.6) is 5.88 Å². The van der Waals surface area contributed by atoms with Gasteiger partial charge in [0, 0.05) is 19.4 Å². The van der Waals surface area contributed by atoms with Gasteiger partial charge in [0.2, 0.25) is 5.88 Å². The molecule has 1 rings (SSSR count). The second-order valence-corrected chi connectivity index (χ2v) is 5.51. The highest BCUT2D eigenvalue weighted by Crippen LogP contribution is 2.09. The van der Waals surface area contributed by atoms with E-state index in [0.29, 0.717) is 19.3 Å².